The third-order valence-electron chi connectivity index (χ3n) is 21.1. The highest BCUT2D eigenvalue weighted by atomic mass is 32.2. The van der Waals surface area contributed by atoms with Gasteiger partial charge in [-0.2, -0.15) is 11.8 Å². The molecule has 0 bridgehead atoms. The number of nitrogens with zero attached hydrogens (tertiary/aromatic N) is 1. The zero-order valence-electron chi connectivity index (χ0n) is 33.2. The van der Waals surface area contributed by atoms with Crippen molar-refractivity contribution in [3.05, 3.63) is 0 Å². The highest BCUT2D eigenvalue weighted by Gasteiger charge is 2.73. The van der Waals surface area contributed by atoms with E-state index in [9.17, 15) is 0 Å². The number of ether oxygens (including phenoxy) is 1. The molecule has 0 aromatic carbocycles. The number of hydrogen-bond donors (Lipinski definition) is 0. The number of rotatable bonds is 3. The van der Waals surface area contributed by atoms with E-state index in [0.717, 1.165) is 105 Å². The van der Waals surface area contributed by atoms with Crippen LogP contribution in [0, 0.1) is 76.4 Å². The molecule has 2 saturated heterocycles. The Morgan fingerprint density at radius 3 is 1.69 bits per heavy atom. The molecule has 0 aromatic rings. The molecule has 290 valence electrons. The third-order valence-corrected chi connectivity index (χ3v) is 23.0. The fraction of sp³-hybridized carbons (Fsp3) is 1.00. The maximum Gasteiger partial charge on any atom is 0.0621 e. The highest BCUT2D eigenvalue weighted by molar-refractivity contribution is 8.00. The van der Waals surface area contributed by atoms with Crippen LogP contribution in [0.1, 0.15) is 186 Å². The third kappa shape index (κ3) is 4.93. The lowest BCUT2D eigenvalue weighted by Gasteiger charge is -2.56. The highest BCUT2D eigenvalue weighted by Crippen LogP contribution is 2.78. The fourth-order valence-corrected chi connectivity index (χ4v) is 22.6. The zero-order valence-corrected chi connectivity index (χ0v) is 34.1. The SMILES string of the molecule is C1CCC(N(C2CCCC3C4CCC5OC6CCCCC6C5C4SC32)C2CCCC3C2C2CCCCC2C32C3CCCCC3C3CCCCC32)CC1. The quantitative estimate of drug-likeness (QED) is 0.287. The van der Waals surface area contributed by atoms with E-state index in [1.54, 1.807) is 116 Å². The van der Waals surface area contributed by atoms with E-state index in [2.05, 4.69) is 16.7 Å². The molecule has 18 atom stereocenters. The molecule has 10 aliphatic carbocycles. The molecular weight excluding hydrogens is 651 g/mol. The summed E-state index contributed by atoms with van der Waals surface area (Å²) in [6, 6.07) is 2.71. The molecule has 2 nitrogen and oxygen atoms in total. The van der Waals surface area contributed by atoms with Crippen LogP contribution in [-0.4, -0.2) is 45.7 Å². The van der Waals surface area contributed by atoms with Gasteiger partial charge in [-0.25, -0.2) is 0 Å². The van der Waals surface area contributed by atoms with Gasteiger partial charge in [0, 0.05) is 34.5 Å². The van der Waals surface area contributed by atoms with Crippen LogP contribution in [0.25, 0.3) is 0 Å². The Hall–Kier alpha value is 0.270. The predicted molar refractivity (Wildman–Crippen MR) is 215 cm³/mol. The molecule has 0 amide bonds. The van der Waals surface area contributed by atoms with Crippen LogP contribution < -0.4 is 0 Å². The van der Waals surface area contributed by atoms with E-state index in [1.807, 2.05) is 0 Å². The molecule has 0 radical (unpaired) electrons. The van der Waals surface area contributed by atoms with Crippen molar-refractivity contribution in [2.24, 2.45) is 76.4 Å². The van der Waals surface area contributed by atoms with Gasteiger partial charge in [-0.15, -0.1) is 0 Å². The minimum Gasteiger partial charge on any atom is -0.374 e. The van der Waals surface area contributed by atoms with E-state index in [1.165, 1.54) is 70.6 Å². The van der Waals surface area contributed by atoms with Crippen molar-refractivity contribution in [3.8, 4) is 0 Å². The van der Waals surface area contributed by atoms with E-state index in [0.29, 0.717) is 12.2 Å². The summed E-state index contributed by atoms with van der Waals surface area (Å²) in [7, 11) is 0. The van der Waals surface area contributed by atoms with Crippen molar-refractivity contribution in [2.45, 2.75) is 227 Å². The fourth-order valence-electron chi connectivity index (χ4n) is 20.2. The largest absolute Gasteiger partial charge is 0.374 e. The maximum absolute atomic E-state index is 6.99. The Labute approximate surface area is 323 Å². The van der Waals surface area contributed by atoms with Gasteiger partial charge in [-0.3, -0.25) is 4.90 Å². The van der Waals surface area contributed by atoms with Crippen LogP contribution in [0.4, 0.5) is 0 Å². The number of fused-ring (bicyclic) bond motifs is 17. The van der Waals surface area contributed by atoms with Gasteiger partial charge >= 0.3 is 0 Å². The van der Waals surface area contributed by atoms with Crippen molar-refractivity contribution in [1.29, 1.82) is 0 Å². The van der Waals surface area contributed by atoms with Gasteiger partial charge in [-0.1, -0.05) is 83.5 Å². The van der Waals surface area contributed by atoms with Gasteiger partial charge in [0.05, 0.1) is 12.2 Å². The van der Waals surface area contributed by atoms with Crippen LogP contribution in [0.15, 0.2) is 0 Å². The summed E-state index contributed by atoms with van der Waals surface area (Å²) in [6.45, 7) is 0. The van der Waals surface area contributed by atoms with E-state index in [4.69, 9.17) is 4.74 Å². The lowest BCUT2D eigenvalue weighted by Crippen LogP contribution is -2.60. The van der Waals surface area contributed by atoms with Gasteiger partial charge in [-0.05, 0) is 173 Å². The van der Waals surface area contributed by atoms with Gasteiger partial charge < -0.3 is 4.74 Å². The molecule has 12 fully saturated rings. The van der Waals surface area contributed by atoms with Crippen molar-refractivity contribution < 1.29 is 4.74 Å². The summed E-state index contributed by atoms with van der Waals surface area (Å²) in [4.78, 5) is 3.57. The maximum atomic E-state index is 6.99. The Bertz CT molecular complexity index is 1270. The topological polar surface area (TPSA) is 12.5 Å². The van der Waals surface area contributed by atoms with Crippen molar-refractivity contribution >= 4 is 11.8 Å². The molecule has 12 rings (SSSR count). The van der Waals surface area contributed by atoms with Crippen LogP contribution in [-0.2, 0) is 4.74 Å². The summed E-state index contributed by atoms with van der Waals surface area (Å²) >= 11 is 2.65. The molecule has 2 heterocycles. The first kappa shape index (κ1) is 34.3. The molecule has 18 unspecified atom stereocenters. The van der Waals surface area contributed by atoms with Crippen LogP contribution in [0.2, 0.25) is 0 Å². The zero-order chi connectivity index (χ0) is 34.0. The average Bonchev–Trinajstić information content (AvgIpc) is 3.94. The average molecular weight is 728 g/mol. The first-order valence-electron chi connectivity index (χ1n) is 24.9. The first-order valence-corrected chi connectivity index (χ1v) is 25.8. The second-order valence-corrected chi connectivity index (χ2v) is 23.7. The standard InChI is InChI=1S/C49H77NOS/c1-2-14-30(15-3-1)50(42-26-12-20-33-34-28-29-44-46(48(34)52-47(33)42)36-19-7-11-27-43(36)51-44)41-25-13-24-40-45(41)35-18-6-10-23-39(35)49(40)37-21-8-4-16-31(37)32-17-5-9-22-38(32)49/h30-48H,1-29H2. The summed E-state index contributed by atoms with van der Waals surface area (Å²) in [5.41, 5.74) is 0.753. The molecule has 12 aliphatic rings. The van der Waals surface area contributed by atoms with E-state index < -0.39 is 0 Å². The minimum atomic E-state index is 0.616. The molecular formula is C49H77NOS. The van der Waals surface area contributed by atoms with Crippen molar-refractivity contribution in [3.63, 3.8) is 0 Å². The van der Waals surface area contributed by atoms with Crippen LogP contribution >= 0.6 is 11.8 Å². The second-order valence-electron chi connectivity index (χ2n) is 22.3. The number of hydrogen-bond acceptors (Lipinski definition) is 3. The van der Waals surface area contributed by atoms with Crippen molar-refractivity contribution in [1.82, 2.24) is 4.90 Å². The van der Waals surface area contributed by atoms with Crippen LogP contribution in [0.3, 0.4) is 0 Å². The normalized spacial score (nSPS) is 56.9. The predicted octanol–water partition coefficient (Wildman–Crippen LogP) is 12.5. The van der Waals surface area contributed by atoms with Gasteiger partial charge in [0.25, 0.3) is 0 Å². The first-order chi connectivity index (χ1) is 25.8. The minimum absolute atomic E-state index is 0.616. The molecule has 52 heavy (non-hydrogen) atoms. The molecule has 2 aliphatic heterocycles. The Morgan fingerprint density at radius 1 is 0.365 bits per heavy atom. The Kier molecular flexibility index (Phi) is 9.04. The number of thioether (sulfide) groups is 1. The van der Waals surface area contributed by atoms with Crippen LogP contribution in [0.5, 0.6) is 0 Å². The summed E-state index contributed by atoms with van der Waals surface area (Å²) in [6.07, 6.45) is 46.2. The Balaban J connectivity index is 0.919. The lowest BCUT2D eigenvalue weighted by atomic mass is 9.53. The summed E-state index contributed by atoms with van der Waals surface area (Å²) in [5.74, 6) is 12.6. The molecule has 0 N–H and O–H groups in total. The molecule has 3 heteroatoms. The summed E-state index contributed by atoms with van der Waals surface area (Å²) < 4.78 is 6.99. The molecule has 0 aromatic heterocycles. The molecule has 1 spiro atoms. The van der Waals surface area contributed by atoms with Gasteiger partial charge in [0.1, 0.15) is 0 Å². The smallest absolute Gasteiger partial charge is 0.0621 e. The summed E-state index contributed by atoms with van der Waals surface area (Å²) in [5, 5.41) is 1.86. The molecule has 10 saturated carbocycles. The van der Waals surface area contributed by atoms with E-state index in [-0.39, 0.29) is 0 Å². The lowest BCUT2D eigenvalue weighted by molar-refractivity contribution is -0.0646. The van der Waals surface area contributed by atoms with E-state index >= 15 is 0 Å². The Morgan fingerprint density at radius 2 is 0.923 bits per heavy atom. The van der Waals surface area contributed by atoms with Gasteiger partial charge in [0.15, 0.2) is 0 Å². The monoisotopic (exact) mass is 728 g/mol. The van der Waals surface area contributed by atoms with Crippen molar-refractivity contribution in [2.75, 3.05) is 0 Å². The van der Waals surface area contributed by atoms with Gasteiger partial charge in [0.2, 0.25) is 0 Å². The second kappa shape index (κ2) is 13.7.